The largest absolute Gasteiger partial charge is 0.491 e. The fourth-order valence-corrected chi connectivity index (χ4v) is 5.42. The zero-order chi connectivity index (χ0) is 23.1. The number of benzene rings is 2. The fourth-order valence-electron chi connectivity index (χ4n) is 4.15. The van der Waals surface area contributed by atoms with Gasteiger partial charge in [-0.3, -0.25) is 10.1 Å². The highest BCUT2D eigenvalue weighted by Crippen LogP contribution is 2.38. The second-order valence-corrected chi connectivity index (χ2v) is 9.97. The van der Waals surface area contributed by atoms with Gasteiger partial charge in [-0.2, -0.15) is 0 Å². The van der Waals surface area contributed by atoms with E-state index in [1.165, 1.54) is 23.9 Å². The van der Waals surface area contributed by atoms with Crippen LogP contribution in [0.4, 0.5) is 4.39 Å². The number of rotatable bonds is 7. The molecule has 2 unspecified atom stereocenters. The van der Waals surface area contributed by atoms with Crippen LogP contribution >= 0.6 is 11.8 Å². The summed E-state index contributed by atoms with van der Waals surface area (Å²) in [6, 6.07) is 14.0. The van der Waals surface area contributed by atoms with Gasteiger partial charge in [0.1, 0.15) is 23.7 Å². The van der Waals surface area contributed by atoms with Crippen molar-refractivity contribution in [3.63, 3.8) is 0 Å². The average Bonchev–Trinajstić information content (AvgIpc) is 3.52. The summed E-state index contributed by atoms with van der Waals surface area (Å²) in [4.78, 5) is 18.9. The van der Waals surface area contributed by atoms with Crippen molar-refractivity contribution in [2.24, 2.45) is 0 Å². The number of nitrogens with one attached hydrogen (secondary N) is 2. The number of hydrogen-bond donors (Lipinski definition) is 3. The Labute approximate surface area is 194 Å². The van der Waals surface area contributed by atoms with Crippen LogP contribution in [0.3, 0.4) is 0 Å². The highest BCUT2D eigenvalue weighted by atomic mass is 32.2. The molecule has 7 nitrogen and oxygen atoms in total. The predicted octanol–water partition coefficient (Wildman–Crippen LogP) is 3.99. The summed E-state index contributed by atoms with van der Waals surface area (Å²) in [5, 5.41) is 14.3. The Kier molecular flexibility index (Phi) is 5.38. The number of imidazole rings is 1. The van der Waals surface area contributed by atoms with Gasteiger partial charge in [-0.1, -0.05) is 0 Å². The number of H-pyrrole nitrogens is 1. The first-order valence-electron chi connectivity index (χ1n) is 10.5. The van der Waals surface area contributed by atoms with E-state index in [0.29, 0.717) is 23.6 Å². The third kappa shape index (κ3) is 4.34. The van der Waals surface area contributed by atoms with Gasteiger partial charge in [0.15, 0.2) is 0 Å². The lowest BCUT2D eigenvalue weighted by Gasteiger charge is -2.29. The van der Waals surface area contributed by atoms with Crippen LogP contribution in [0.5, 0.6) is 5.75 Å². The summed E-state index contributed by atoms with van der Waals surface area (Å²) in [6.45, 7) is 2.25. The molecule has 5 rings (SSSR count). The lowest BCUT2D eigenvalue weighted by atomic mass is 9.94. The molecule has 4 aromatic rings. The quantitative estimate of drug-likeness (QED) is 0.382. The van der Waals surface area contributed by atoms with Gasteiger partial charge in [-0.05, 0) is 60.8 Å². The maximum Gasteiger partial charge on any atom is 0.325 e. The summed E-state index contributed by atoms with van der Waals surface area (Å²) >= 11 is 1.53. The van der Waals surface area contributed by atoms with Crippen molar-refractivity contribution in [3.8, 4) is 11.4 Å². The first-order valence-corrected chi connectivity index (χ1v) is 11.5. The lowest BCUT2D eigenvalue weighted by Crippen LogP contribution is -2.58. The molecule has 1 fully saturated rings. The maximum absolute atomic E-state index is 13.5. The molecule has 0 spiro atoms. The number of aromatic amines is 1. The van der Waals surface area contributed by atoms with E-state index < -0.39 is 16.4 Å². The van der Waals surface area contributed by atoms with Gasteiger partial charge in [-0.25, -0.2) is 9.37 Å². The molecule has 1 aliphatic heterocycles. The van der Waals surface area contributed by atoms with Crippen LogP contribution in [-0.2, 0) is 11.2 Å². The average molecular weight is 467 g/mol. The van der Waals surface area contributed by atoms with Crippen LogP contribution in [0.2, 0.25) is 0 Å². The van der Waals surface area contributed by atoms with Crippen LogP contribution in [-0.4, -0.2) is 48.4 Å². The Morgan fingerprint density at radius 1 is 1.27 bits per heavy atom. The van der Waals surface area contributed by atoms with Crippen molar-refractivity contribution in [2.75, 3.05) is 12.4 Å². The minimum Gasteiger partial charge on any atom is -0.491 e. The molecular formula is C24H23FN4O3S. The number of carboxylic acid groups (broad SMARTS) is 1. The van der Waals surface area contributed by atoms with E-state index in [1.807, 2.05) is 48.0 Å². The summed E-state index contributed by atoms with van der Waals surface area (Å²) in [7, 11) is 0. The summed E-state index contributed by atoms with van der Waals surface area (Å²) < 4.78 is 21.4. The van der Waals surface area contributed by atoms with E-state index in [0.717, 1.165) is 16.8 Å². The standard InChI is InChI=1S/C24H23FN4O3S/c1-23(13-32-20-6-4-19(5-7-20)29-9-8-26-15-29)28-24(14-33-23,22(30)31)12-18-10-16-2-3-17(25)11-21(16)27-18/h2-11,15,27-28H,12-14H2,1H3,(H,30,31). The SMILES string of the molecule is CC1(COc2ccc(-n3ccnc3)cc2)NC(Cc2cc3ccc(F)cc3[nH]2)(C(=O)O)CS1. The van der Waals surface area contributed by atoms with E-state index in [-0.39, 0.29) is 12.2 Å². The molecule has 1 saturated heterocycles. The number of fused-ring (bicyclic) bond motifs is 1. The number of ether oxygens (including phenoxy) is 1. The molecule has 1 aliphatic rings. The molecule has 2 atom stereocenters. The molecule has 0 amide bonds. The highest BCUT2D eigenvalue weighted by molar-refractivity contribution is 8.01. The Hall–Kier alpha value is -3.30. The molecule has 0 saturated carbocycles. The Morgan fingerprint density at radius 2 is 2.09 bits per heavy atom. The number of nitrogens with zero attached hydrogens (tertiary/aromatic N) is 2. The van der Waals surface area contributed by atoms with Crippen molar-refractivity contribution < 1.29 is 19.0 Å². The number of carboxylic acids is 1. The summed E-state index contributed by atoms with van der Waals surface area (Å²) in [5.74, 6) is -0.173. The normalized spacial score (nSPS) is 22.6. The van der Waals surface area contributed by atoms with Crippen LogP contribution in [0.1, 0.15) is 12.6 Å². The number of hydrogen-bond acceptors (Lipinski definition) is 5. The molecule has 9 heteroatoms. The van der Waals surface area contributed by atoms with E-state index in [9.17, 15) is 14.3 Å². The smallest absolute Gasteiger partial charge is 0.325 e. The highest BCUT2D eigenvalue weighted by Gasteiger charge is 2.51. The van der Waals surface area contributed by atoms with Crippen molar-refractivity contribution in [1.82, 2.24) is 19.9 Å². The first kappa shape index (κ1) is 21.5. The van der Waals surface area contributed by atoms with E-state index in [4.69, 9.17) is 4.74 Å². The minimum absolute atomic E-state index is 0.251. The van der Waals surface area contributed by atoms with Crippen molar-refractivity contribution in [1.29, 1.82) is 0 Å². The molecule has 2 aromatic carbocycles. The third-order valence-electron chi connectivity index (χ3n) is 5.84. The minimum atomic E-state index is -1.16. The topological polar surface area (TPSA) is 92.2 Å². The Bertz CT molecular complexity index is 1290. The number of thioether (sulfide) groups is 1. The van der Waals surface area contributed by atoms with Gasteiger partial charge in [0.05, 0.1) is 11.2 Å². The Morgan fingerprint density at radius 3 is 2.82 bits per heavy atom. The second kappa shape index (κ2) is 8.24. The van der Waals surface area contributed by atoms with Crippen molar-refractivity contribution in [3.05, 3.63) is 78.8 Å². The molecule has 0 bridgehead atoms. The molecule has 3 heterocycles. The zero-order valence-electron chi connectivity index (χ0n) is 17.9. The molecule has 0 aliphatic carbocycles. The molecule has 33 heavy (non-hydrogen) atoms. The number of aromatic nitrogens is 3. The van der Waals surface area contributed by atoms with Gasteiger partial charge < -0.3 is 19.4 Å². The van der Waals surface area contributed by atoms with Crippen molar-refractivity contribution in [2.45, 2.75) is 23.8 Å². The van der Waals surface area contributed by atoms with Gasteiger partial charge in [0.25, 0.3) is 0 Å². The number of aliphatic carboxylic acids is 1. The first-order chi connectivity index (χ1) is 15.8. The summed E-state index contributed by atoms with van der Waals surface area (Å²) in [5.41, 5.74) is 1.21. The monoisotopic (exact) mass is 466 g/mol. The number of halogens is 1. The fraction of sp³-hybridized carbons (Fsp3) is 0.250. The van der Waals surface area contributed by atoms with E-state index in [2.05, 4.69) is 15.3 Å². The number of carbonyl (C=O) groups is 1. The molecule has 170 valence electrons. The third-order valence-corrected chi connectivity index (χ3v) is 7.33. The maximum atomic E-state index is 13.5. The van der Waals surface area contributed by atoms with Crippen LogP contribution < -0.4 is 10.1 Å². The van der Waals surface area contributed by atoms with Gasteiger partial charge in [0, 0.05) is 41.5 Å². The van der Waals surface area contributed by atoms with Gasteiger partial charge in [0.2, 0.25) is 0 Å². The van der Waals surface area contributed by atoms with Gasteiger partial charge in [-0.15, -0.1) is 11.8 Å². The molecule has 2 aromatic heterocycles. The van der Waals surface area contributed by atoms with Crippen LogP contribution in [0.15, 0.2) is 67.3 Å². The Balaban J connectivity index is 1.28. The van der Waals surface area contributed by atoms with Crippen molar-refractivity contribution >= 4 is 28.6 Å². The van der Waals surface area contributed by atoms with Gasteiger partial charge >= 0.3 is 5.97 Å². The molecule has 3 N–H and O–H groups in total. The van der Waals surface area contributed by atoms with E-state index in [1.54, 1.807) is 18.6 Å². The molecular weight excluding hydrogens is 443 g/mol. The second-order valence-electron chi connectivity index (χ2n) is 8.49. The lowest BCUT2D eigenvalue weighted by molar-refractivity contribution is -0.144. The zero-order valence-corrected chi connectivity index (χ0v) is 18.7. The van der Waals surface area contributed by atoms with Crippen LogP contribution in [0.25, 0.3) is 16.6 Å². The predicted molar refractivity (Wildman–Crippen MR) is 125 cm³/mol. The van der Waals surface area contributed by atoms with Crippen LogP contribution in [0, 0.1) is 5.82 Å². The molecule has 0 radical (unpaired) electrons. The van der Waals surface area contributed by atoms with E-state index >= 15 is 0 Å². The summed E-state index contributed by atoms with van der Waals surface area (Å²) in [6.07, 6.45) is 5.56.